The largest absolute Gasteiger partial charge is 0.497 e. The number of carboxylic acid groups (broad SMARTS) is 1. The minimum Gasteiger partial charge on any atom is -0.497 e. The van der Waals surface area contributed by atoms with Gasteiger partial charge in [0.25, 0.3) is 0 Å². The van der Waals surface area contributed by atoms with E-state index in [-0.39, 0.29) is 12.0 Å². The molecule has 0 spiro atoms. The maximum atomic E-state index is 13.5. The number of nitrogens with zero attached hydrogens (tertiary/aromatic N) is 2. The Balaban J connectivity index is 2.13. The van der Waals surface area contributed by atoms with Gasteiger partial charge in [-0.05, 0) is 42.9 Å². The molecular weight excluding hydrogens is 414 g/mol. The van der Waals surface area contributed by atoms with E-state index < -0.39 is 6.09 Å². The number of anilines is 1. The van der Waals surface area contributed by atoms with E-state index in [0.717, 1.165) is 40.3 Å². The summed E-state index contributed by atoms with van der Waals surface area (Å²) in [4.78, 5) is 28.4. The molecule has 0 saturated heterocycles. The summed E-state index contributed by atoms with van der Waals surface area (Å²) in [7, 11) is 3.11. The molecule has 0 aliphatic rings. The fraction of sp³-hybridized carbons (Fsp3) is 0.391. The van der Waals surface area contributed by atoms with Crippen LogP contribution in [0.1, 0.15) is 19.4 Å². The lowest BCUT2D eigenvalue weighted by molar-refractivity contribution is 0.154. The van der Waals surface area contributed by atoms with Gasteiger partial charge in [0.1, 0.15) is 5.75 Å². The highest BCUT2D eigenvalue weighted by atomic mass is 32.1. The second-order valence-corrected chi connectivity index (χ2v) is 8.41. The zero-order valence-corrected chi connectivity index (χ0v) is 19.2. The van der Waals surface area contributed by atoms with Gasteiger partial charge in [-0.3, -0.25) is 4.79 Å². The summed E-state index contributed by atoms with van der Waals surface area (Å²) in [5, 5.41) is 13.9. The Kier molecular flexibility index (Phi) is 7.35. The van der Waals surface area contributed by atoms with Crippen molar-refractivity contribution in [3.8, 4) is 5.75 Å². The highest BCUT2D eigenvalue weighted by Crippen LogP contribution is 2.33. The van der Waals surface area contributed by atoms with Crippen LogP contribution < -0.4 is 15.5 Å². The average Bonchev–Trinajstić information content (AvgIpc) is 2.77. The van der Waals surface area contributed by atoms with Crippen LogP contribution in [-0.4, -0.2) is 61.3 Å². The fourth-order valence-corrected chi connectivity index (χ4v) is 4.78. The molecule has 2 N–H and O–H groups in total. The minimum atomic E-state index is -1.01. The van der Waals surface area contributed by atoms with Gasteiger partial charge in [-0.25, -0.2) is 4.79 Å². The molecule has 0 atom stereocenters. The Morgan fingerprint density at radius 3 is 2.58 bits per heavy atom. The number of ether oxygens (including phenoxy) is 1. The van der Waals surface area contributed by atoms with E-state index in [4.69, 9.17) is 4.74 Å². The second-order valence-electron chi connectivity index (χ2n) is 7.36. The summed E-state index contributed by atoms with van der Waals surface area (Å²) in [6, 6.07) is 9.27. The Bertz CT molecular complexity index is 1140. The van der Waals surface area contributed by atoms with Crippen molar-refractivity contribution in [3.05, 3.63) is 46.1 Å². The fourth-order valence-electron chi connectivity index (χ4n) is 3.60. The van der Waals surface area contributed by atoms with Crippen molar-refractivity contribution in [2.24, 2.45) is 0 Å². The first-order chi connectivity index (χ1) is 14.9. The van der Waals surface area contributed by atoms with Crippen LogP contribution in [0.15, 0.2) is 35.1 Å². The summed E-state index contributed by atoms with van der Waals surface area (Å²) >= 11 is 1.50. The van der Waals surface area contributed by atoms with E-state index in [1.54, 1.807) is 13.2 Å². The standard InChI is InChI=1S/C23H29N3O4S/c1-5-26(6-2)12-11-24-18-9-7-15(14-25(3)23(28)29)22-20(18)21(27)17-13-16(30-4)8-10-19(17)31-22/h7-10,13,24H,5-6,11-12,14H2,1-4H3,(H,28,29). The number of benzene rings is 2. The zero-order chi connectivity index (χ0) is 22.5. The van der Waals surface area contributed by atoms with E-state index >= 15 is 0 Å². The van der Waals surface area contributed by atoms with E-state index in [1.165, 1.54) is 23.3 Å². The van der Waals surface area contributed by atoms with Crippen molar-refractivity contribution in [2.75, 3.05) is 45.7 Å². The van der Waals surface area contributed by atoms with Crippen molar-refractivity contribution < 1.29 is 14.6 Å². The molecule has 2 aromatic carbocycles. The van der Waals surface area contributed by atoms with Crippen LogP contribution >= 0.6 is 11.3 Å². The van der Waals surface area contributed by atoms with Crippen LogP contribution in [0.25, 0.3) is 20.2 Å². The highest BCUT2D eigenvalue weighted by Gasteiger charge is 2.17. The van der Waals surface area contributed by atoms with Crippen LogP contribution in [0.3, 0.4) is 0 Å². The monoisotopic (exact) mass is 443 g/mol. The topological polar surface area (TPSA) is 82.1 Å². The molecule has 3 rings (SSSR count). The lowest BCUT2D eigenvalue weighted by Gasteiger charge is -2.20. The van der Waals surface area contributed by atoms with Gasteiger partial charge in [0.05, 0.1) is 19.0 Å². The number of likely N-dealkylation sites (N-methyl/N-ethyl adjacent to an activating group) is 1. The van der Waals surface area contributed by atoms with Gasteiger partial charge in [0.15, 0.2) is 5.43 Å². The van der Waals surface area contributed by atoms with Crippen LogP contribution in [0, 0.1) is 0 Å². The molecule has 7 nitrogen and oxygen atoms in total. The smallest absolute Gasteiger partial charge is 0.407 e. The third kappa shape index (κ3) is 4.91. The molecule has 3 aromatic rings. The van der Waals surface area contributed by atoms with E-state index in [2.05, 4.69) is 24.1 Å². The summed E-state index contributed by atoms with van der Waals surface area (Å²) in [6.45, 7) is 8.00. The maximum absolute atomic E-state index is 13.5. The highest BCUT2D eigenvalue weighted by molar-refractivity contribution is 7.24. The van der Waals surface area contributed by atoms with Crippen LogP contribution in [0.4, 0.5) is 10.5 Å². The maximum Gasteiger partial charge on any atom is 0.407 e. The van der Waals surface area contributed by atoms with Gasteiger partial charge in [0.2, 0.25) is 0 Å². The summed E-state index contributed by atoms with van der Waals surface area (Å²) < 4.78 is 6.97. The number of carbonyl (C=O) groups is 1. The molecule has 8 heteroatoms. The number of nitrogens with one attached hydrogen (secondary N) is 1. The molecule has 1 aromatic heterocycles. The molecule has 31 heavy (non-hydrogen) atoms. The minimum absolute atomic E-state index is 0.0761. The molecule has 1 heterocycles. The van der Waals surface area contributed by atoms with Gasteiger partial charge in [-0.1, -0.05) is 19.9 Å². The van der Waals surface area contributed by atoms with Gasteiger partial charge in [0, 0.05) is 40.6 Å². The van der Waals surface area contributed by atoms with Crippen LogP contribution in [0.5, 0.6) is 5.75 Å². The van der Waals surface area contributed by atoms with Gasteiger partial charge in [-0.15, -0.1) is 11.3 Å². The van der Waals surface area contributed by atoms with Gasteiger partial charge >= 0.3 is 6.09 Å². The number of fused-ring (bicyclic) bond motifs is 2. The second kappa shape index (κ2) is 9.98. The number of hydrogen-bond donors (Lipinski definition) is 2. The molecule has 0 fully saturated rings. The first-order valence-electron chi connectivity index (χ1n) is 10.4. The zero-order valence-electron chi connectivity index (χ0n) is 18.4. The summed E-state index contributed by atoms with van der Waals surface area (Å²) in [5.41, 5.74) is 1.51. The van der Waals surface area contributed by atoms with E-state index in [0.29, 0.717) is 23.1 Å². The molecule has 0 aliphatic carbocycles. The molecule has 0 radical (unpaired) electrons. The van der Waals surface area contributed by atoms with Crippen molar-refractivity contribution in [3.63, 3.8) is 0 Å². The third-order valence-corrected chi connectivity index (χ3v) is 6.73. The van der Waals surface area contributed by atoms with Crippen molar-refractivity contribution in [2.45, 2.75) is 20.4 Å². The van der Waals surface area contributed by atoms with Crippen LogP contribution in [0.2, 0.25) is 0 Å². The molecule has 0 unspecified atom stereocenters. The van der Waals surface area contributed by atoms with E-state index in [9.17, 15) is 14.7 Å². The van der Waals surface area contributed by atoms with Crippen molar-refractivity contribution in [1.29, 1.82) is 0 Å². The molecule has 1 amide bonds. The predicted octanol–water partition coefficient (Wildman–Crippen LogP) is 4.29. The van der Waals surface area contributed by atoms with Gasteiger partial charge < -0.3 is 25.0 Å². The molecule has 0 aliphatic heterocycles. The first kappa shape index (κ1) is 22.8. The van der Waals surface area contributed by atoms with Crippen molar-refractivity contribution >= 4 is 43.3 Å². The average molecular weight is 444 g/mol. The first-order valence-corrected chi connectivity index (χ1v) is 11.2. The quantitative estimate of drug-likeness (QED) is 0.480. The molecular formula is C23H29N3O4S. The number of rotatable bonds is 9. The van der Waals surface area contributed by atoms with Gasteiger partial charge in [-0.2, -0.15) is 0 Å². The molecule has 166 valence electrons. The Morgan fingerprint density at radius 2 is 1.94 bits per heavy atom. The van der Waals surface area contributed by atoms with Crippen LogP contribution in [-0.2, 0) is 6.54 Å². The number of hydrogen-bond acceptors (Lipinski definition) is 6. The number of methoxy groups -OCH3 is 1. The number of amides is 1. The predicted molar refractivity (Wildman–Crippen MR) is 128 cm³/mol. The SMILES string of the molecule is CCN(CC)CCNc1ccc(CN(C)C(=O)O)c2sc3ccc(OC)cc3c(=O)c12. The summed E-state index contributed by atoms with van der Waals surface area (Å²) in [5.74, 6) is 0.633. The lowest BCUT2D eigenvalue weighted by atomic mass is 10.1. The molecule has 0 saturated carbocycles. The summed E-state index contributed by atoms with van der Waals surface area (Å²) in [6.07, 6.45) is -1.01. The lowest BCUT2D eigenvalue weighted by Crippen LogP contribution is -2.28. The van der Waals surface area contributed by atoms with E-state index in [1.807, 2.05) is 24.3 Å². The normalized spacial score (nSPS) is 11.3. The Hall–Kier alpha value is -2.84. The Labute approximate surface area is 185 Å². The third-order valence-electron chi connectivity index (χ3n) is 5.48. The van der Waals surface area contributed by atoms with Crippen molar-refractivity contribution in [1.82, 2.24) is 9.80 Å². The molecule has 0 bridgehead atoms. The Morgan fingerprint density at radius 1 is 1.19 bits per heavy atom.